The predicted octanol–water partition coefficient (Wildman–Crippen LogP) is 3.85. The molecule has 1 aromatic carbocycles. The molecule has 0 aliphatic carbocycles. The van der Waals surface area contributed by atoms with Crippen LogP contribution in [0.15, 0.2) is 60.9 Å². The Morgan fingerprint density at radius 1 is 0.950 bits per heavy atom. The Labute approximate surface area is 115 Å². The van der Waals surface area contributed by atoms with Gasteiger partial charge in [0.05, 0.1) is 0 Å². The molecule has 0 aliphatic heterocycles. The third kappa shape index (κ3) is 1.87. The number of H-pyrrole nitrogens is 1. The number of nitrogens with one attached hydrogen (secondary N) is 2. The number of benzene rings is 1. The zero-order valence-corrected chi connectivity index (χ0v) is 10.7. The van der Waals surface area contributed by atoms with E-state index in [1.54, 1.807) is 6.20 Å². The first kappa shape index (κ1) is 11.0. The van der Waals surface area contributed by atoms with Crippen molar-refractivity contribution in [1.82, 2.24) is 15.0 Å². The molecule has 2 N–H and O–H groups in total. The second-order valence-corrected chi connectivity index (χ2v) is 4.65. The minimum atomic E-state index is 0.749. The molecule has 0 saturated heterocycles. The molecular weight excluding hydrogens is 248 g/mol. The maximum atomic E-state index is 4.51. The van der Waals surface area contributed by atoms with Gasteiger partial charge in [-0.05, 0) is 47.9 Å². The number of hydrogen-bond acceptors (Lipinski definition) is 3. The Balaban J connectivity index is 1.72. The number of nitrogens with zero attached hydrogens (tertiary/aromatic N) is 2. The summed E-state index contributed by atoms with van der Waals surface area (Å²) in [5.74, 6) is 0.794. The Morgan fingerprint density at radius 2 is 1.90 bits per heavy atom. The molecule has 0 amide bonds. The van der Waals surface area contributed by atoms with E-state index < -0.39 is 0 Å². The highest BCUT2D eigenvalue weighted by Gasteiger charge is 2.01. The van der Waals surface area contributed by atoms with Crippen molar-refractivity contribution in [2.75, 3.05) is 5.32 Å². The molecule has 4 nitrogen and oxygen atoms in total. The molecular formula is C16H12N4. The lowest BCUT2D eigenvalue weighted by molar-refractivity contribution is 1.28. The Bertz CT molecular complexity index is 895. The molecule has 3 aromatic heterocycles. The first-order chi connectivity index (χ1) is 9.88. The van der Waals surface area contributed by atoms with Gasteiger partial charge < -0.3 is 10.3 Å². The zero-order valence-electron chi connectivity index (χ0n) is 10.7. The summed E-state index contributed by atoms with van der Waals surface area (Å²) >= 11 is 0. The van der Waals surface area contributed by atoms with Crippen LogP contribution in [-0.2, 0) is 0 Å². The molecule has 4 heteroatoms. The largest absolute Gasteiger partial charge is 0.361 e. The van der Waals surface area contributed by atoms with E-state index in [9.17, 15) is 0 Å². The van der Waals surface area contributed by atoms with Gasteiger partial charge in [0.15, 0.2) is 5.65 Å². The molecule has 20 heavy (non-hydrogen) atoms. The van der Waals surface area contributed by atoms with Crippen LogP contribution in [0.3, 0.4) is 0 Å². The van der Waals surface area contributed by atoms with Crippen LogP contribution < -0.4 is 5.32 Å². The van der Waals surface area contributed by atoms with Crippen LogP contribution in [0, 0.1) is 0 Å². The minimum Gasteiger partial charge on any atom is -0.361 e. The molecule has 4 aromatic rings. The van der Waals surface area contributed by atoms with Crippen molar-refractivity contribution in [2.45, 2.75) is 0 Å². The van der Waals surface area contributed by atoms with Crippen molar-refractivity contribution >= 4 is 33.4 Å². The average Bonchev–Trinajstić information content (AvgIpc) is 2.95. The maximum absolute atomic E-state index is 4.51. The van der Waals surface area contributed by atoms with E-state index in [4.69, 9.17) is 0 Å². The van der Waals surface area contributed by atoms with Gasteiger partial charge in [0.1, 0.15) is 5.82 Å². The van der Waals surface area contributed by atoms with Crippen molar-refractivity contribution in [2.24, 2.45) is 0 Å². The molecule has 0 unspecified atom stereocenters. The summed E-state index contributed by atoms with van der Waals surface area (Å²) in [7, 11) is 0. The topological polar surface area (TPSA) is 53.6 Å². The zero-order chi connectivity index (χ0) is 13.4. The van der Waals surface area contributed by atoms with Gasteiger partial charge >= 0.3 is 0 Å². The van der Waals surface area contributed by atoms with Gasteiger partial charge in [0.2, 0.25) is 0 Å². The quantitative estimate of drug-likeness (QED) is 0.575. The summed E-state index contributed by atoms with van der Waals surface area (Å²) in [4.78, 5) is 12.0. The maximum Gasteiger partial charge on any atom is 0.161 e. The molecule has 0 bridgehead atoms. The minimum absolute atomic E-state index is 0.749. The standard InChI is InChI=1S/C16H12N4/c1-2-12-4-6-15(20-16(12)18-8-1)19-13-5-3-11-7-9-17-14(11)10-13/h1-10,17H,(H,18,19,20). The van der Waals surface area contributed by atoms with E-state index in [2.05, 4.69) is 38.5 Å². The number of pyridine rings is 2. The van der Waals surface area contributed by atoms with Crippen LogP contribution in [-0.4, -0.2) is 15.0 Å². The third-order valence-electron chi connectivity index (χ3n) is 3.29. The SMILES string of the molecule is c1cnc2nc(Nc3ccc4cc[nH]c4c3)ccc2c1. The monoisotopic (exact) mass is 260 g/mol. The van der Waals surface area contributed by atoms with E-state index in [1.165, 1.54) is 5.39 Å². The fourth-order valence-electron chi connectivity index (χ4n) is 2.30. The van der Waals surface area contributed by atoms with Crippen LogP contribution >= 0.6 is 0 Å². The molecule has 0 atom stereocenters. The number of hydrogen-bond donors (Lipinski definition) is 2. The highest BCUT2D eigenvalue weighted by molar-refractivity contribution is 5.84. The first-order valence-electron chi connectivity index (χ1n) is 6.44. The summed E-state index contributed by atoms with van der Waals surface area (Å²) in [6, 6.07) is 16.1. The fourth-order valence-corrected chi connectivity index (χ4v) is 2.30. The Kier molecular flexibility index (Phi) is 2.39. The Morgan fingerprint density at radius 3 is 2.90 bits per heavy atom. The van der Waals surface area contributed by atoms with Crippen LogP contribution in [0.25, 0.3) is 21.9 Å². The number of aromatic nitrogens is 3. The van der Waals surface area contributed by atoms with Crippen LogP contribution in [0.5, 0.6) is 0 Å². The van der Waals surface area contributed by atoms with Crippen molar-refractivity contribution in [3.05, 3.63) is 60.9 Å². The van der Waals surface area contributed by atoms with Crippen LogP contribution in [0.2, 0.25) is 0 Å². The van der Waals surface area contributed by atoms with E-state index in [1.807, 2.05) is 36.5 Å². The second kappa shape index (κ2) is 4.35. The summed E-state index contributed by atoms with van der Waals surface area (Å²) < 4.78 is 0. The molecule has 0 aliphatic rings. The van der Waals surface area contributed by atoms with Gasteiger partial charge in [0.25, 0.3) is 0 Å². The molecule has 0 saturated carbocycles. The fraction of sp³-hybridized carbons (Fsp3) is 0. The molecule has 0 spiro atoms. The summed E-state index contributed by atoms with van der Waals surface area (Å²) in [6.45, 7) is 0. The van der Waals surface area contributed by atoms with E-state index in [0.29, 0.717) is 0 Å². The van der Waals surface area contributed by atoms with Gasteiger partial charge in [-0.2, -0.15) is 0 Å². The molecule has 4 rings (SSSR count). The van der Waals surface area contributed by atoms with Gasteiger partial charge in [-0.15, -0.1) is 0 Å². The smallest absolute Gasteiger partial charge is 0.161 e. The summed E-state index contributed by atoms with van der Waals surface area (Å²) in [5, 5.41) is 5.54. The second-order valence-electron chi connectivity index (χ2n) is 4.65. The number of rotatable bonds is 2. The average molecular weight is 260 g/mol. The van der Waals surface area contributed by atoms with Crippen molar-refractivity contribution < 1.29 is 0 Å². The first-order valence-corrected chi connectivity index (χ1v) is 6.44. The number of aromatic amines is 1. The number of anilines is 2. The molecule has 0 radical (unpaired) electrons. The highest BCUT2D eigenvalue weighted by atomic mass is 15.0. The van der Waals surface area contributed by atoms with Crippen molar-refractivity contribution in [1.29, 1.82) is 0 Å². The predicted molar refractivity (Wildman–Crippen MR) is 81.1 cm³/mol. The molecule has 3 heterocycles. The lowest BCUT2D eigenvalue weighted by Crippen LogP contribution is -1.94. The van der Waals surface area contributed by atoms with Crippen molar-refractivity contribution in [3.63, 3.8) is 0 Å². The number of fused-ring (bicyclic) bond motifs is 2. The van der Waals surface area contributed by atoms with Gasteiger partial charge in [-0.3, -0.25) is 0 Å². The normalized spacial score (nSPS) is 11.0. The third-order valence-corrected chi connectivity index (χ3v) is 3.29. The molecule has 0 fully saturated rings. The van der Waals surface area contributed by atoms with E-state index in [0.717, 1.165) is 28.1 Å². The van der Waals surface area contributed by atoms with Gasteiger partial charge in [-0.25, -0.2) is 9.97 Å². The van der Waals surface area contributed by atoms with E-state index in [-0.39, 0.29) is 0 Å². The molecule has 96 valence electrons. The lowest BCUT2D eigenvalue weighted by Gasteiger charge is -2.06. The van der Waals surface area contributed by atoms with Crippen LogP contribution in [0.4, 0.5) is 11.5 Å². The summed E-state index contributed by atoms with van der Waals surface area (Å²) in [5.41, 5.74) is 2.86. The Hall–Kier alpha value is -2.88. The van der Waals surface area contributed by atoms with E-state index >= 15 is 0 Å². The van der Waals surface area contributed by atoms with Crippen molar-refractivity contribution in [3.8, 4) is 0 Å². The lowest BCUT2D eigenvalue weighted by atomic mass is 10.2. The van der Waals surface area contributed by atoms with Gasteiger partial charge in [-0.1, -0.05) is 6.07 Å². The highest BCUT2D eigenvalue weighted by Crippen LogP contribution is 2.21. The van der Waals surface area contributed by atoms with Crippen LogP contribution in [0.1, 0.15) is 0 Å². The summed E-state index contributed by atoms with van der Waals surface area (Å²) in [6.07, 6.45) is 3.69. The van der Waals surface area contributed by atoms with Gasteiger partial charge in [0, 0.05) is 29.0 Å².